The molecule has 1 aliphatic carbocycles. The average molecular weight is 305 g/mol. The highest BCUT2D eigenvalue weighted by atomic mass is 32.1. The first-order valence-corrected chi connectivity index (χ1v) is 9.82. The molecule has 2 bridgehead atoms. The first-order valence-electron chi connectivity index (χ1n) is 8.94. The Hall–Kier alpha value is -0.380. The van der Waals surface area contributed by atoms with Crippen LogP contribution in [-0.2, 0) is 6.42 Å². The van der Waals surface area contributed by atoms with Gasteiger partial charge in [-0.15, -0.1) is 11.3 Å². The molecule has 3 aliphatic rings. The zero-order valence-electron chi connectivity index (χ0n) is 13.2. The summed E-state index contributed by atoms with van der Waals surface area (Å²) in [5, 5.41) is 6.10. The summed E-state index contributed by atoms with van der Waals surface area (Å²) >= 11 is 1.99. The predicted octanol–water partition coefficient (Wildman–Crippen LogP) is 4.12. The molecule has 4 rings (SSSR count). The van der Waals surface area contributed by atoms with Crippen molar-refractivity contribution in [3.05, 3.63) is 21.9 Å². The first kappa shape index (κ1) is 14.2. The van der Waals surface area contributed by atoms with Crippen LogP contribution in [0.15, 0.2) is 11.4 Å². The van der Waals surface area contributed by atoms with Crippen molar-refractivity contribution in [3.8, 4) is 0 Å². The van der Waals surface area contributed by atoms with Crippen molar-refractivity contribution in [2.75, 3.05) is 6.54 Å². The highest BCUT2D eigenvalue weighted by Gasteiger charge is 2.44. The molecule has 3 heterocycles. The fourth-order valence-corrected chi connectivity index (χ4v) is 5.99. The molecular weight excluding hydrogens is 276 g/mol. The molecule has 0 spiro atoms. The van der Waals surface area contributed by atoms with Crippen molar-refractivity contribution in [1.29, 1.82) is 0 Å². The molecule has 2 saturated heterocycles. The highest BCUT2D eigenvalue weighted by molar-refractivity contribution is 7.10. The number of rotatable bonds is 4. The second-order valence-electron chi connectivity index (χ2n) is 7.16. The lowest BCUT2D eigenvalue weighted by Gasteiger charge is -2.45. The maximum absolute atomic E-state index is 3.79. The lowest BCUT2D eigenvalue weighted by Crippen LogP contribution is -2.50. The lowest BCUT2D eigenvalue weighted by atomic mass is 9.88. The molecule has 1 aromatic rings. The molecule has 1 N–H and O–H groups in total. The minimum absolute atomic E-state index is 0.740. The van der Waals surface area contributed by atoms with Gasteiger partial charge in [0, 0.05) is 29.0 Å². The molecule has 2 aliphatic heterocycles. The van der Waals surface area contributed by atoms with Crippen molar-refractivity contribution in [3.63, 3.8) is 0 Å². The quantitative estimate of drug-likeness (QED) is 0.900. The molecule has 116 valence electrons. The third kappa shape index (κ3) is 2.58. The zero-order chi connectivity index (χ0) is 14.2. The van der Waals surface area contributed by atoms with Gasteiger partial charge in [-0.3, -0.25) is 4.90 Å². The van der Waals surface area contributed by atoms with E-state index in [9.17, 15) is 0 Å². The summed E-state index contributed by atoms with van der Waals surface area (Å²) < 4.78 is 0. The Kier molecular flexibility index (Phi) is 4.08. The normalized spacial score (nSPS) is 35.9. The maximum Gasteiger partial charge on any atom is 0.0365 e. The third-order valence-corrected chi connectivity index (χ3v) is 6.85. The second-order valence-corrected chi connectivity index (χ2v) is 8.16. The third-order valence-electron chi connectivity index (χ3n) is 5.85. The van der Waals surface area contributed by atoms with E-state index in [1.807, 2.05) is 11.3 Å². The standard InChI is InChI=1S/C18H28N2S/c1-2-9-19-13-11-14-6-7-15(12-13)20(14)17-4-3-5-18-16(17)8-10-21-18/h8,10,13-15,17,19H,2-7,9,11-12H2,1H3. The lowest BCUT2D eigenvalue weighted by molar-refractivity contribution is 0.0612. The number of aryl methyl sites for hydroxylation is 1. The Bertz CT molecular complexity index is 469. The minimum atomic E-state index is 0.740. The molecule has 3 unspecified atom stereocenters. The van der Waals surface area contributed by atoms with E-state index >= 15 is 0 Å². The van der Waals surface area contributed by atoms with Gasteiger partial charge in [-0.25, -0.2) is 0 Å². The fourth-order valence-electron chi connectivity index (χ4n) is 5.01. The summed E-state index contributed by atoms with van der Waals surface area (Å²) in [6.07, 6.45) is 11.0. The molecule has 3 atom stereocenters. The van der Waals surface area contributed by atoms with Crippen LogP contribution in [0.1, 0.15) is 68.4 Å². The molecule has 1 aromatic heterocycles. The van der Waals surface area contributed by atoms with Gasteiger partial charge in [0.05, 0.1) is 0 Å². The highest BCUT2D eigenvalue weighted by Crippen LogP contribution is 2.46. The van der Waals surface area contributed by atoms with Crippen molar-refractivity contribution in [2.24, 2.45) is 0 Å². The van der Waals surface area contributed by atoms with Crippen LogP contribution in [-0.4, -0.2) is 29.6 Å². The van der Waals surface area contributed by atoms with Gasteiger partial charge in [0.1, 0.15) is 0 Å². The summed E-state index contributed by atoms with van der Waals surface area (Å²) in [4.78, 5) is 4.62. The van der Waals surface area contributed by atoms with E-state index in [0.29, 0.717) is 0 Å². The Balaban J connectivity index is 1.51. The number of piperidine rings is 1. The number of fused-ring (bicyclic) bond motifs is 3. The number of hydrogen-bond acceptors (Lipinski definition) is 3. The smallest absolute Gasteiger partial charge is 0.0365 e. The van der Waals surface area contributed by atoms with Gasteiger partial charge < -0.3 is 5.32 Å². The number of thiophene rings is 1. The molecule has 0 aromatic carbocycles. The van der Waals surface area contributed by atoms with Gasteiger partial charge >= 0.3 is 0 Å². The maximum atomic E-state index is 3.79. The summed E-state index contributed by atoms with van der Waals surface area (Å²) in [5.74, 6) is 0. The topological polar surface area (TPSA) is 15.3 Å². The van der Waals surface area contributed by atoms with Gasteiger partial charge in [0.2, 0.25) is 0 Å². The Morgan fingerprint density at radius 3 is 2.81 bits per heavy atom. The monoisotopic (exact) mass is 304 g/mol. The predicted molar refractivity (Wildman–Crippen MR) is 90.0 cm³/mol. The van der Waals surface area contributed by atoms with Crippen LogP contribution < -0.4 is 5.32 Å². The van der Waals surface area contributed by atoms with Crippen LogP contribution in [0.4, 0.5) is 0 Å². The van der Waals surface area contributed by atoms with Gasteiger partial charge in [0.15, 0.2) is 0 Å². The first-order chi connectivity index (χ1) is 10.4. The van der Waals surface area contributed by atoms with E-state index in [1.165, 1.54) is 57.9 Å². The molecule has 0 amide bonds. The van der Waals surface area contributed by atoms with Crippen LogP contribution in [0.2, 0.25) is 0 Å². The summed E-state index contributed by atoms with van der Waals surface area (Å²) in [5.41, 5.74) is 1.68. The van der Waals surface area contributed by atoms with Gasteiger partial charge in [-0.1, -0.05) is 6.92 Å². The largest absolute Gasteiger partial charge is 0.314 e. The Morgan fingerprint density at radius 2 is 2.05 bits per heavy atom. The van der Waals surface area contributed by atoms with Crippen LogP contribution in [0, 0.1) is 0 Å². The van der Waals surface area contributed by atoms with Crippen LogP contribution in [0.5, 0.6) is 0 Å². The van der Waals surface area contributed by atoms with Gasteiger partial charge in [-0.05, 0) is 74.9 Å². The summed E-state index contributed by atoms with van der Waals surface area (Å²) in [7, 11) is 0. The summed E-state index contributed by atoms with van der Waals surface area (Å²) in [6.45, 7) is 3.47. The van der Waals surface area contributed by atoms with Crippen LogP contribution >= 0.6 is 11.3 Å². The van der Waals surface area contributed by atoms with Gasteiger partial charge in [-0.2, -0.15) is 0 Å². The van der Waals surface area contributed by atoms with Crippen molar-refractivity contribution in [2.45, 2.75) is 82.5 Å². The fraction of sp³-hybridized carbons (Fsp3) is 0.778. The van der Waals surface area contributed by atoms with E-state index in [0.717, 1.165) is 24.2 Å². The minimum Gasteiger partial charge on any atom is -0.314 e. The van der Waals surface area contributed by atoms with Crippen molar-refractivity contribution >= 4 is 11.3 Å². The molecule has 21 heavy (non-hydrogen) atoms. The average Bonchev–Trinajstić information content (AvgIpc) is 3.07. The van der Waals surface area contributed by atoms with E-state index < -0.39 is 0 Å². The van der Waals surface area contributed by atoms with E-state index in [2.05, 4.69) is 28.6 Å². The molecule has 2 fully saturated rings. The number of nitrogens with one attached hydrogen (secondary N) is 1. The second kappa shape index (κ2) is 6.02. The molecule has 0 radical (unpaired) electrons. The van der Waals surface area contributed by atoms with E-state index in [4.69, 9.17) is 0 Å². The zero-order valence-corrected chi connectivity index (χ0v) is 14.0. The number of nitrogens with zero attached hydrogens (tertiary/aromatic N) is 1. The van der Waals surface area contributed by atoms with Crippen LogP contribution in [0.25, 0.3) is 0 Å². The molecule has 3 heteroatoms. The van der Waals surface area contributed by atoms with E-state index in [1.54, 1.807) is 10.4 Å². The number of hydrogen-bond donors (Lipinski definition) is 1. The van der Waals surface area contributed by atoms with Gasteiger partial charge in [0.25, 0.3) is 0 Å². The Labute approximate surface area is 132 Å². The molecule has 0 saturated carbocycles. The Morgan fingerprint density at radius 1 is 1.24 bits per heavy atom. The molecular formula is C18H28N2S. The summed E-state index contributed by atoms with van der Waals surface area (Å²) in [6, 6.07) is 5.63. The van der Waals surface area contributed by atoms with Crippen molar-refractivity contribution < 1.29 is 0 Å². The van der Waals surface area contributed by atoms with Crippen LogP contribution in [0.3, 0.4) is 0 Å². The SMILES string of the molecule is CCCNC1CC2CCC(C1)N2C1CCCc2sccc21. The van der Waals surface area contributed by atoms with Crippen molar-refractivity contribution in [1.82, 2.24) is 10.2 Å². The molecule has 2 nitrogen and oxygen atoms in total. The van der Waals surface area contributed by atoms with E-state index in [-0.39, 0.29) is 0 Å².